The van der Waals surface area contributed by atoms with Gasteiger partial charge in [0.1, 0.15) is 0 Å². The van der Waals surface area contributed by atoms with Crippen molar-refractivity contribution in [1.29, 1.82) is 0 Å². The van der Waals surface area contributed by atoms with Crippen LogP contribution < -0.4 is 4.90 Å². The van der Waals surface area contributed by atoms with Crippen LogP contribution in [-0.2, 0) is 11.3 Å². The van der Waals surface area contributed by atoms with E-state index in [1.54, 1.807) is 11.1 Å². The monoisotopic (exact) mass is 380 g/mol. The molecule has 0 aliphatic heterocycles. The molecule has 1 N–H and O–H groups in total. The van der Waals surface area contributed by atoms with Crippen LogP contribution in [0.3, 0.4) is 0 Å². The molecule has 0 radical (unpaired) electrons. The second kappa shape index (κ2) is 8.77. The fourth-order valence-electron chi connectivity index (χ4n) is 2.64. The molecule has 5 nitrogen and oxygen atoms in total. The van der Waals surface area contributed by atoms with Crippen LogP contribution >= 0.6 is 11.8 Å². The number of aromatic amines is 1. The van der Waals surface area contributed by atoms with E-state index in [0.717, 1.165) is 27.7 Å². The molecule has 0 spiro atoms. The third-order valence-electron chi connectivity index (χ3n) is 4.27. The number of H-pyrrole nitrogens is 1. The van der Waals surface area contributed by atoms with Gasteiger partial charge in [0, 0.05) is 33.4 Å². The summed E-state index contributed by atoms with van der Waals surface area (Å²) in [5, 5.41) is 0.755. The van der Waals surface area contributed by atoms with Crippen LogP contribution in [0.2, 0.25) is 0 Å². The minimum Gasteiger partial charge on any atom is -0.378 e. The van der Waals surface area contributed by atoms with Crippen LogP contribution in [0.1, 0.15) is 5.56 Å². The highest BCUT2D eigenvalue weighted by Crippen LogP contribution is 2.21. The van der Waals surface area contributed by atoms with Crippen molar-refractivity contribution >= 4 is 23.4 Å². The topological polar surface area (TPSA) is 52.2 Å². The van der Waals surface area contributed by atoms with E-state index < -0.39 is 0 Å². The Labute approximate surface area is 164 Å². The largest absolute Gasteiger partial charge is 0.378 e. The molecule has 0 saturated heterocycles. The molecule has 1 aromatic heterocycles. The maximum Gasteiger partial charge on any atom is 0.233 e. The summed E-state index contributed by atoms with van der Waals surface area (Å²) in [5.41, 5.74) is 4.31. The van der Waals surface area contributed by atoms with Crippen molar-refractivity contribution in [3.63, 3.8) is 0 Å². The molecule has 0 aliphatic carbocycles. The lowest BCUT2D eigenvalue weighted by atomic mass is 10.2. The van der Waals surface area contributed by atoms with Crippen LogP contribution in [0, 0.1) is 0 Å². The lowest BCUT2D eigenvalue weighted by molar-refractivity contribution is -0.127. The molecule has 1 heterocycles. The second-order valence-electron chi connectivity index (χ2n) is 6.57. The molecule has 27 heavy (non-hydrogen) atoms. The van der Waals surface area contributed by atoms with Gasteiger partial charge in [-0.1, -0.05) is 54.2 Å². The second-order valence-corrected chi connectivity index (χ2v) is 7.53. The van der Waals surface area contributed by atoms with Crippen LogP contribution in [-0.4, -0.2) is 47.7 Å². The van der Waals surface area contributed by atoms with Crippen LogP contribution in [0.5, 0.6) is 0 Å². The number of carbonyl (C=O) groups excluding carboxylic acids is 1. The fraction of sp³-hybridized carbons (Fsp3) is 0.238. The number of carbonyl (C=O) groups is 1. The summed E-state index contributed by atoms with van der Waals surface area (Å²) in [7, 11) is 5.86. The van der Waals surface area contributed by atoms with E-state index in [0.29, 0.717) is 12.3 Å². The molecule has 0 saturated carbocycles. The maximum absolute atomic E-state index is 12.4. The number of nitrogens with zero attached hydrogens (tertiary/aromatic N) is 3. The molecule has 0 unspecified atom stereocenters. The molecule has 0 fully saturated rings. The van der Waals surface area contributed by atoms with Crippen molar-refractivity contribution in [2.24, 2.45) is 0 Å². The lowest BCUT2D eigenvalue weighted by Crippen LogP contribution is -2.27. The van der Waals surface area contributed by atoms with Crippen molar-refractivity contribution < 1.29 is 4.79 Å². The summed E-state index contributed by atoms with van der Waals surface area (Å²) in [6.45, 7) is 0.598. The summed E-state index contributed by atoms with van der Waals surface area (Å²) in [6, 6.07) is 18.3. The zero-order chi connectivity index (χ0) is 19.2. The van der Waals surface area contributed by atoms with Gasteiger partial charge in [0.2, 0.25) is 5.91 Å². The third kappa shape index (κ3) is 5.14. The van der Waals surface area contributed by atoms with Gasteiger partial charge in [-0.2, -0.15) is 0 Å². The lowest BCUT2D eigenvalue weighted by Gasteiger charge is -2.18. The molecule has 3 aromatic rings. The number of amides is 1. The van der Waals surface area contributed by atoms with Crippen molar-refractivity contribution in [2.75, 3.05) is 31.8 Å². The molecule has 1 amide bonds. The van der Waals surface area contributed by atoms with Crippen molar-refractivity contribution in [3.8, 4) is 11.3 Å². The first-order valence-corrected chi connectivity index (χ1v) is 9.75. The van der Waals surface area contributed by atoms with Gasteiger partial charge < -0.3 is 14.8 Å². The zero-order valence-corrected chi connectivity index (χ0v) is 16.7. The third-order valence-corrected chi connectivity index (χ3v) is 5.14. The van der Waals surface area contributed by atoms with Crippen molar-refractivity contribution in [3.05, 3.63) is 66.4 Å². The molecule has 0 atom stereocenters. The van der Waals surface area contributed by atoms with E-state index in [1.807, 2.05) is 51.5 Å². The molecule has 0 aliphatic rings. The van der Waals surface area contributed by atoms with Gasteiger partial charge >= 0.3 is 0 Å². The number of rotatable bonds is 7. The molecular formula is C21H24N4OS. The molecule has 2 aromatic carbocycles. The number of imidazole rings is 1. The van der Waals surface area contributed by atoms with Gasteiger partial charge in [0.05, 0.1) is 17.6 Å². The molecule has 0 bridgehead atoms. The normalized spacial score (nSPS) is 10.6. The summed E-state index contributed by atoms with van der Waals surface area (Å²) < 4.78 is 0. The Morgan fingerprint density at radius 3 is 2.41 bits per heavy atom. The van der Waals surface area contributed by atoms with Crippen LogP contribution in [0.25, 0.3) is 11.3 Å². The fourth-order valence-corrected chi connectivity index (χ4v) is 3.43. The van der Waals surface area contributed by atoms with Crippen LogP contribution in [0.4, 0.5) is 5.69 Å². The molecular weight excluding hydrogens is 356 g/mol. The van der Waals surface area contributed by atoms with Gasteiger partial charge in [-0.3, -0.25) is 4.79 Å². The zero-order valence-electron chi connectivity index (χ0n) is 15.8. The van der Waals surface area contributed by atoms with Crippen molar-refractivity contribution in [1.82, 2.24) is 14.9 Å². The SMILES string of the molecule is CN(Cc1ccc(N(C)C)cc1)C(=O)CSc1ncc(-c2ccccc2)[nH]1. The van der Waals surface area contributed by atoms with Crippen LogP contribution in [0.15, 0.2) is 66.0 Å². The Bertz CT molecular complexity index is 875. The molecule has 140 valence electrons. The van der Waals surface area contributed by atoms with E-state index in [4.69, 9.17) is 0 Å². The Kier molecular flexibility index (Phi) is 6.19. The highest BCUT2D eigenvalue weighted by Gasteiger charge is 2.12. The summed E-state index contributed by atoms with van der Waals surface area (Å²) in [5.74, 6) is 0.433. The Hall–Kier alpha value is -2.73. The first kappa shape index (κ1) is 19.0. The number of hydrogen-bond acceptors (Lipinski definition) is 4. The van der Waals surface area contributed by atoms with E-state index in [-0.39, 0.29) is 5.91 Å². The van der Waals surface area contributed by atoms with E-state index in [1.165, 1.54) is 11.8 Å². The average Bonchev–Trinajstić information content (AvgIpc) is 3.16. The van der Waals surface area contributed by atoms with E-state index in [2.05, 4.69) is 39.1 Å². The Morgan fingerprint density at radius 2 is 1.74 bits per heavy atom. The quantitative estimate of drug-likeness (QED) is 0.632. The van der Waals surface area contributed by atoms with Gasteiger partial charge in [-0.25, -0.2) is 4.98 Å². The summed E-state index contributed by atoms with van der Waals surface area (Å²) >= 11 is 1.42. The van der Waals surface area contributed by atoms with E-state index >= 15 is 0 Å². The Balaban J connectivity index is 1.52. The predicted octanol–water partition coefficient (Wildman–Crippen LogP) is 3.89. The molecule has 6 heteroatoms. The first-order valence-electron chi connectivity index (χ1n) is 8.76. The number of aromatic nitrogens is 2. The summed E-state index contributed by atoms with van der Waals surface area (Å²) in [4.78, 5) is 23.9. The maximum atomic E-state index is 12.4. The number of thioether (sulfide) groups is 1. The van der Waals surface area contributed by atoms with Gasteiger partial charge in [-0.05, 0) is 23.3 Å². The van der Waals surface area contributed by atoms with Gasteiger partial charge in [-0.15, -0.1) is 0 Å². The minimum atomic E-state index is 0.0781. The van der Waals surface area contributed by atoms with E-state index in [9.17, 15) is 4.79 Å². The minimum absolute atomic E-state index is 0.0781. The highest BCUT2D eigenvalue weighted by atomic mass is 32.2. The predicted molar refractivity (Wildman–Crippen MR) is 112 cm³/mol. The standard InChI is InChI=1S/C21H24N4OS/c1-24(2)18-11-9-16(10-12-18)14-25(3)20(26)15-27-21-22-13-19(23-21)17-7-5-4-6-8-17/h4-13H,14-15H2,1-3H3,(H,22,23). The number of hydrogen-bond donors (Lipinski definition) is 1. The molecule has 3 rings (SSSR count). The smallest absolute Gasteiger partial charge is 0.233 e. The first-order chi connectivity index (χ1) is 13.0. The number of benzene rings is 2. The van der Waals surface area contributed by atoms with Crippen molar-refractivity contribution in [2.45, 2.75) is 11.7 Å². The van der Waals surface area contributed by atoms with Gasteiger partial charge in [0.25, 0.3) is 0 Å². The Morgan fingerprint density at radius 1 is 1.04 bits per heavy atom. The summed E-state index contributed by atoms with van der Waals surface area (Å²) in [6.07, 6.45) is 1.80. The number of anilines is 1. The highest BCUT2D eigenvalue weighted by molar-refractivity contribution is 7.99. The van der Waals surface area contributed by atoms with Gasteiger partial charge in [0.15, 0.2) is 5.16 Å². The number of nitrogens with one attached hydrogen (secondary N) is 1. The average molecular weight is 381 g/mol.